The maximum Gasteiger partial charge on any atom is 0.270 e. The van der Waals surface area contributed by atoms with Crippen LogP contribution in [0.4, 0.5) is 5.95 Å². The highest BCUT2D eigenvalue weighted by Crippen LogP contribution is 2.17. The third-order valence-electron chi connectivity index (χ3n) is 3.98. The van der Waals surface area contributed by atoms with Crippen LogP contribution in [0.1, 0.15) is 41.9 Å². The molecule has 2 saturated heterocycles. The minimum absolute atomic E-state index is 0.142. The Bertz CT molecular complexity index is 508. The van der Waals surface area contributed by atoms with Crippen LogP contribution in [0.25, 0.3) is 0 Å². The number of nitrogens with one attached hydrogen (secondary N) is 1. The van der Waals surface area contributed by atoms with Crippen LogP contribution in [0, 0.1) is 6.92 Å². The summed E-state index contributed by atoms with van der Waals surface area (Å²) in [5, 5.41) is 2.91. The lowest BCUT2D eigenvalue weighted by Gasteiger charge is -2.16. The number of amides is 1. The van der Waals surface area contributed by atoms with Gasteiger partial charge in [0.1, 0.15) is 5.69 Å². The average Bonchev–Trinajstić information content (AvgIpc) is 3.17. The molecular formula is C15H22N4O2. The van der Waals surface area contributed by atoms with E-state index in [9.17, 15) is 4.79 Å². The normalized spacial score (nSPS) is 21.8. The van der Waals surface area contributed by atoms with E-state index in [1.165, 1.54) is 0 Å². The number of ether oxygens (including phenoxy) is 1. The maximum absolute atomic E-state index is 12.2. The van der Waals surface area contributed by atoms with Gasteiger partial charge in [0, 0.05) is 31.9 Å². The van der Waals surface area contributed by atoms with Gasteiger partial charge in [0.25, 0.3) is 5.91 Å². The van der Waals surface area contributed by atoms with Crippen molar-refractivity contribution in [1.29, 1.82) is 0 Å². The van der Waals surface area contributed by atoms with Gasteiger partial charge in [-0.3, -0.25) is 4.79 Å². The Morgan fingerprint density at radius 3 is 2.90 bits per heavy atom. The Balaban J connectivity index is 1.66. The van der Waals surface area contributed by atoms with Crippen molar-refractivity contribution in [2.45, 2.75) is 38.7 Å². The number of carbonyl (C=O) groups excluding carboxylic acids is 1. The van der Waals surface area contributed by atoms with Crippen molar-refractivity contribution in [1.82, 2.24) is 15.3 Å². The summed E-state index contributed by atoms with van der Waals surface area (Å²) in [6.45, 7) is 5.20. The van der Waals surface area contributed by atoms with E-state index in [1.807, 2.05) is 6.92 Å². The summed E-state index contributed by atoms with van der Waals surface area (Å²) < 4.78 is 5.51. The molecular weight excluding hydrogens is 268 g/mol. The second-order valence-corrected chi connectivity index (χ2v) is 5.73. The van der Waals surface area contributed by atoms with E-state index in [0.717, 1.165) is 51.1 Å². The molecule has 2 fully saturated rings. The fourth-order valence-electron chi connectivity index (χ4n) is 2.83. The zero-order valence-electron chi connectivity index (χ0n) is 12.5. The number of anilines is 1. The molecule has 2 aliphatic heterocycles. The highest BCUT2D eigenvalue weighted by Gasteiger charge is 2.20. The molecule has 6 nitrogen and oxygen atoms in total. The number of nitrogens with zero attached hydrogens (tertiary/aromatic N) is 3. The fraction of sp³-hybridized carbons (Fsp3) is 0.667. The molecule has 1 aromatic rings. The van der Waals surface area contributed by atoms with Crippen LogP contribution < -0.4 is 10.2 Å². The molecule has 21 heavy (non-hydrogen) atoms. The van der Waals surface area contributed by atoms with Gasteiger partial charge in [0.2, 0.25) is 5.95 Å². The summed E-state index contributed by atoms with van der Waals surface area (Å²) >= 11 is 0. The van der Waals surface area contributed by atoms with Crippen LogP contribution in [0.3, 0.4) is 0 Å². The van der Waals surface area contributed by atoms with E-state index >= 15 is 0 Å². The molecule has 0 bridgehead atoms. The van der Waals surface area contributed by atoms with Crippen LogP contribution in [0.15, 0.2) is 6.07 Å². The van der Waals surface area contributed by atoms with Gasteiger partial charge in [-0.2, -0.15) is 0 Å². The van der Waals surface area contributed by atoms with Crippen molar-refractivity contribution in [2.24, 2.45) is 0 Å². The predicted molar refractivity (Wildman–Crippen MR) is 79.5 cm³/mol. The lowest BCUT2D eigenvalue weighted by Crippen LogP contribution is -2.33. The first-order valence-corrected chi connectivity index (χ1v) is 7.73. The molecule has 1 amide bonds. The highest BCUT2D eigenvalue weighted by molar-refractivity contribution is 5.92. The fourth-order valence-corrected chi connectivity index (χ4v) is 2.83. The van der Waals surface area contributed by atoms with Gasteiger partial charge in [-0.15, -0.1) is 0 Å². The van der Waals surface area contributed by atoms with E-state index in [1.54, 1.807) is 6.07 Å². The van der Waals surface area contributed by atoms with Crippen LogP contribution in [-0.2, 0) is 4.74 Å². The third-order valence-corrected chi connectivity index (χ3v) is 3.98. The molecule has 6 heteroatoms. The van der Waals surface area contributed by atoms with E-state index in [4.69, 9.17) is 4.74 Å². The molecule has 114 valence electrons. The van der Waals surface area contributed by atoms with Crippen LogP contribution in [-0.4, -0.2) is 48.2 Å². The van der Waals surface area contributed by atoms with E-state index in [-0.39, 0.29) is 12.0 Å². The average molecular weight is 290 g/mol. The molecule has 3 heterocycles. The molecule has 0 unspecified atom stereocenters. The van der Waals surface area contributed by atoms with Crippen LogP contribution in [0.2, 0.25) is 0 Å². The minimum Gasteiger partial charge on any atom is -0.376 e. The van der Waals surface area contributed by atoms with Gasteiger partial charge in [-0.1, -0.05) is 0 Å². The Kier molecular flexibility index (Phi) is 4.34. The monoisotopic (exact) mass is 290 g/mol. The molecule has 0 saturated carbocycles. The van der Waals surface area contributed by atoms with Crippen molar-refractivity contribution in [3.63, 3.8) is 0 Å². The molecule has 1 N–H and O–H groups in total. The maximum atomic E-state index is 12.2. The first-order valence-electron chi connectivity index (χ1n) is 7.73. The number of carbonyl (C=O) groups is 1. The smallest absolute Gasteiger partial charge is 0.270 e. The lowest BCUT2D eigenvalue weighted by atomic mass is 10.2. The standard InChI is InChI=1S/C15H22N4O2/c1-11-9-13(14(20)16-10-12-5-4-8-21-12)18-15(17-11)19-6-2-3-7-19/h9,12H,2-8,10H2,1H3,(H,16,20)/t12-/m1/s1. The molecule has 0 aliphatic carbocycles. The van der Waals surface area contributed by atoms with Gasteiger partial charge in [-0.05, 0) is 38.7 Å². The summed E-state index contributed by atoms with van der Waals surface area (Å²) in [4.78, 5) is 23.3. The quantitative estimate of drug-likeness (QED) is 0.905. The van der Waals surface area contributed by atoms with Crippen LogP contribution >= 0.6 is 0 Å². The lowest BCUT2D eigenvalue weighted by molar-refractivity contribution is 0.0853. The van der Waals surface area contributed by atoms with Crippen molar-refractivity contribution >= 4 is 11.9 Å². The SMILES string of the molecule is Cc1cc(C(=O)NC[C@H]2CCCO2)nc(N2CCCC2)n1. The Morgan fingerprint density at radius 2 is 2.19 bits per heavy atom. The van der Waals surface area contributed by atoms with Crippen molar-refractivity contribution < 1.29 is 9.53 Å². The van der Waals surface area contributed by atoms with E-state index in [0.29, 0.717) is 18.2 Å². The second-order valence-electron chi connectivity index (χ2n) is 5.73. The van der Waals surface area contributed by atoms with E-state index in [2.05, 4.69) is 20.2 Å². The first kappa shape index (κ1) is 14.3. The zero-order chi connectivity index (χ0) is 14.7. The first-order chi connectivity index (χ1) is 10.2. The van der Waals surface area contributed by atoms with Gasteiger partial charge in [0.05, 0.1) is 6.10 Å². The molecule has 0 radical (unpaired) electrons. The summed E-state index contributed by atoms with van der Waals surface area (Å²) in [7, 11) is 0. The third kappa shape index (κ3) is 3.50. The topological polar surface area (TPSA) is 67.3 Å². The Morgan fingerprint density at radius 1 is 1.38 bits per heavy atom. The molecule has 1 atom stereocenters. The predicted octanol–water partition coefficient (Wildman–Crippen LogP) is 1.29. The van der Waals surface area contributed by atoms with Crippen molar-refractivity contribution in [3.8, 4) is 0 Å². The molecule has 2 aliphatic rings. The number of aromatic nitrogens is 2. The summed E-state index contributed by atoms with van der Waals surface area (Å²) in [6, 6.07) is 1.74. The molecule has 1 aromatic heterocycles. The minimum atomic E-state index is -0.142. The number of hydrogen-bond acceptors (Lipinski definition) is 5. The highest BCUT2D eigenvalue weighted by atomic mass is 16.5. The largest absolute Gasteiger partial charge is 0.376 e. The zero-order valence-corrected chi connectivity index (χ0v) is 12.5. The Hall–Kier alpha value is -1.69. The summed E-state index contributed by atoms with van der Waals surface area (Å²) in [5.74, 6) is 0.534. The Labute approximate surface area is 124 Å². The molecule has 0 spiro atoms. The van der Waals surface area contributed by atoms with Gasteiger partial charge in [0.15, 0.2) is 0 Å². The van der Waals surface area contributed by atoms with Gasteiger partial charge < -0.3 is 15.0 Å². The molecule has 3 rings (SSSR count). The van der Waals surface area contributed by atoms with Gasteiger partial charge in [-0.25, -0.2) is 9.97 Å². The van der Waals surface area contributed by atoms with Crippen molar-refractivity contribution in [2.75, 3.05) is 31.1 Å². The summed E-state index contributed by atoms with van der Waals surface area (Å²) in [6.07, 6.45) is 4.57. The number of aryl methyl sites for hydroxylation is 1. The van der Waals surface area contributed by atoms with Gasteiger partial charge >= 0.3 is 0 Å². The number of rotatable bonds is 4. The van der Waals surface area contributed by atoms with Crippen LogP contribution in [0.5, 0.6) is 0 Å². The second kappa shape index (κ2) is 6.39. The number of hydrogen-bond donors (Lipinski definition) is 1. The summed E-state index contributed by atoms with van der Waals surface area (Å²) in [5.41, 5.74) is 1.27. The van der Waals surface area contributed by atoms with E-state index < -0.39 is 0 Å². The molecule has 0 aromatic carbocycles. The van der Waals surface area contributed by atoms with Crippen molar-refractivity contribution in [3.05, 3.63) is 17.5 Å².